The fourth-order valence-electron chi connectivity index (χ4n) is 1.30. The number of allylic oxidation sites excluding steroid dienone is 3. The van der Waals surface area contributed by atoms with Crippen molar-refractivity contribution in [2.24, 2.45) is 0 Å². The van der Waals surface area contributed by atoms with E-state index in [-0.39, 0.29) is 0 Å². The standard InChI is InChI=1S/C13H24O3/c1-2-3-4-5-6-7-8-9-10-11-13(15,16)12-14/h8-11,14-16H,2-7,12H2,1H3. The summed E-state index contributed by atoms with van der Waals surface area (Å²) in [6.07, 6.45) is 13.8. The van der Waals surface area contributed by atoms with Crippen molar-refractivity contribution in [1.29, 1.82) is 0 Å². The number of rotatable bonds is 9. The van der Waals surface area contributed by atoms with Crippen LogP contribution >= 0.6 is 0 Å². The highest BCUT2D eigenvalue weighted by Crippen LogP contribution is 2.05. The van der Waals surface area contributed by atoms with Crippen molar-refractivity contribution in [1.82, 2.24) is 0 Å². The van der Waals surface area contributed by atoms with Crippen LogP contribution in [0.5, 0.6) is 0 Å². The Labute approximate surface area is 98.1 Å². The summed E-state index contributed by atoms with van der Waals surface area (Å²) < 4.78 is 0. The number of aliphatic hydroxyl groups is 3. The van der Waals surface area contributed by atoms with E-state index < -0.39 is 12.4 Å². The molecule has 0 heterocycles. The highest BCUT2D eigenvalue weighted by molar-refractivity contribution is 5.06. The van der Waals surface area contributed by atoms with Gasteiger partial charge in [-0.3, -0.25) is 0 Å². The van der Waals surface area contributed by atoms with Crippen LogP contribution in [0.25, 0.3) is 0 Å². The molecule has 0 rings (SSSR count). The van der Waals surface area contributed by atoms with E-state index in [1.807, 2.05) is 6.08 Å². The Bertz CT molecular complexity index is 207. The van der Waals surface area contributed by atoms with Crippen LogP contribution in [-0.2, 0) is 0 Å². The van der Waals surface area contributed by atoms with Crippen LogP contribution in [0, 0.1) is 0 Å². The highest BCUT2D eigenvalue weighted by Gasteiger charge is 2.15. The van der Waals surface area contributed by atoms with E-state index in [4.69, 9.17) is 15.3 Å². The van der Waals surface area contributed by atoms with Gasteiger partial charge in [0.05, 0.1) is 0 Å². The van der Waals surface area contributed by atoms with E-state index in [9.17, 15) is 0 Å². The summed E-state index contributed by atoms with van der Waals surface area (Å²) in [7, 11) is 0. The Hall–Kier alpha value is -0.640. The third kappa shape index (κ3) is 9.90. The minimum Gasteiger partial charge on any atom is -0.390 e. The van der Waals surface area contributed by atoms with E-state index in [1.54, 1.807) is 12.2 Å². The summed E-state index contributed by atoms with van der Waals surface area (Å²) in [6, 6.07) is 0. The van der Waals surface area contributed by atoms with Crippen LogP contribution in [0.4, 0.5) is 0 Å². The van der Waals surface area contributed by atoms with Gasteiger partial charge in [0.2, 0.25) is 5.79 Å². The Balaban J connectivity index is 3.48. The van der Waals surface area contributed by atoms with E-state index in [1.165, 1.54) is 38.2 Å². The zero-order valence-electron chi connectivity index (χ0n) is 10.1. The molecule has 3 N–H and O–H groups in total. The number of hydrogen-bond donors (Lipinski definition) is 3. The minimum atomic E-state index is -2.09. The summed E-state index contributed by atoms with van der Waals surface area (Å²) in [4.78, 5) is 0. The minimum absolute atomic E-state index is 0.686. The maximum absolute atomic E-state index is 9.01. The molecule has 0 amide bonds. The number of hydrogen-bond acceptors (Lipinski definition) is 3. The molecule has 0 aliphatic carbocycles. The van der Waals surface area contributed by atoms with Gasteiger partial charge in [-0.2, -0.15) is 0 Å². The quantitative estimate of drug-likeness (QED) is 0.322. The van der Waals surface area contributed by atoms with Crippen molar-refractivity contribution in [2.45, 2.75) is 51.2 Å². The van der Waals surface area contributed by atoms with Crippen LogP contribution < -0.4 is 0 Å². The molecular weight excluding hydrogens is 204 g/mol. The van der Waals surface area contributed by atoms with Gasteiger partial charge in [-0.25, -0.2) is 0 Å². The molecule has 0 bridgehead atoms. The molecule has 0 radical (unpaired) electrons. The molecule has 0 atom stereocenters. The summed E-state index contributed by atoms with van der Waals surface area (Å²) in [5, 5.41) is 26.6. The zero-order valence-corrected chi connectivity index (χ0v) is 10.1. The summed E-state index contributed by atoms with van der Waals surface area (Å²) in [5.41, 5.74) is 0. The first-order valence-corrected chi connectivity index (χ1v) is 6.02. The SMILES string of the molecule is CCCCCCCC=CC=CC(O)(O)CO. The fourth-order valence-corrected chi connectivity index (χ4v) is 1.30. The molecule has 0 saturated carbocycles. The molecule has 0 aliphatic heterocycles. The van der Waals surface area contributed by atoms with Crippen LogP contribution in [0.15, 0.2) is 24.3 Å². The lowest BCUT2D eigenvalue weighted by Crippen LogP contribution is -2.29. The Morgan fingerprint density at radius 3 is 2.31 bits per heavy atom. The van der Waals surface area contributed by atoms with Crippen LogP contribution in [0.2, 0.25) is 0 Å². The maximum Gasteiger partial charge on any atom is 0.207 e. The molecule has 0 aromatic heterocycles. The predicted molar refractivity (Wildman–Crippen MR) is 65.9 cm³/mol. The molecule has 3 nitrogen and oxygen atoms in total. The van der Waals surface area contributed by atoms with E-state index in [2.05, 4.69) is 6.92 Å². The van der Waals surface area contributed by atoms with Gasteiger partial charge in [0.15, 0.2) is 0 Å². The molecule has 0 aromatic carbocycles. The highest BCUT2D eigenvalue weighted by atomic mass is 16.5. The second-order valence-corrected chi connectivity index (χ2v) is 4.03. The Morgan fingerprint density at radius 2 is 1.69 bits per heavy atom. The first-order chi connectivity index (χ1) is 7.62. The van der Waals surface area contributed by atoms with E-state index in [0.29, 0.717) is 0 Å². The van der Waals surface area contributed by atoms with Crippen molar-refractivity contribution >= 4 is 0 Å². The van der Waals surface area contributed by atoms with Gasteiger partial charge in [-0.15, -0.1) is 0 Å². The fraction of sp³-hybridized carbons (Fsp3) is 0.692. The predicted octanol–water partition coefficient (Wildman–Crippen LogP) is 2.13. The van der Waals surface area contributed by atoms with Crippen molar-refractivity contribution in [2.75, 3.05) is 6.61 Å². The van der Waals surface area contributed by atoms with Gasteiger partial charge < -0.3 is 15.3 Å². The molecule has 16 heavy (non-hydrogen) atoms. The van der Waals surface area contributed by atoms with Crippen LogP contribution in [0.3, 0.4) is 0 Å². The third-order valence-electron chi connectivity index (χ3n) is 2.32. The van der Waals surface area contributed by atoms with E-state index in [0.717, 1.165) is 6.42 Å². The normalized spacial score (nSPS) is 13.0. The Morgan fingerprint density at radius 1 is 1.00 bits per heavy atom. The molecular formula is C13H24O3. The molecule has 0 unspecified atom stereocenters. The molecule has 0 aliphatic rings. The second-order valence-electron chi connectivity index (χ2n) is 4.03. The first-order valence-electron chi connectivity index (χ1n) is 6.02. The van der Waals surface area contributed by atoms with Crippen molar-refractivity contribution in [3.05, 3.63) is 24.3 Å². The van der Waals surface area contributed by atoms with Gasteiger partial charge in [0.25, 0.3) is 0 Å². The van der Waals surface area contributed by atoms with Gasteiger partial charge in [-0.05, 0) is 18.9 Å². The van der Waals surface area contributed by atoms with Crippen molar-refractivity contribution in [3.63, 3.8) is 0 Å². The first kappa shape index (κ1) is 15.4. The third-order valence-corrected chi connectivity index (χ3v) is 2.32. The lowest BCUT2D eigenvalue weighted by atomic mass is 10.1. The molecule has 0 saturated heterocycles. The molecule has 0 fully saturated rings. The van der Waals surface area contributed by atoms with Crippen LogP contribution in [0.1, 0.15) is 45.4 Å². The topological polar surface area (TPSA) is 60.7 Å². The smallest absolute Gasteiger partial charge is 0.207 e. The average molecular weight is 228 g/mol. The molecule has 94 valence electrons. The maximum atomic E-state index is 9.01. The largest absolute Gasteiger partial charge is 0.390 e. The summed E-state index contributed by atoms with van der Waals surface area (Å²) in [6.45, 7) is 1.51. The zero-order chi connectivity index (χ0) is 12.3. The van der Waals surface area contributed by atoms with Crippen molar-refractivity contribution < 1.29 is 15.3 Å². The average Bonchev–Trinajstić information content (AvgIpc) is 2.27. The van der Waals surface area contributed by atoms with Gasteiger partial charge >= 0.3 is 0 Å². The van der Waals surface area contributed by atoms with Gasteiger partial charge in [0, 0.05) is 0 Å². The Kier molecular flexibility index (Phi) is 9.19. The lowest BCUT2D eigenvalue weighted by Gasteiger charge is -2.11. The van der Waals surface area contributed by atoms with Crippen LogP contribution in [-0.4, -0.2) is 27.7 Å². The molecule has 3 heteroatoms. The van der Waals surface area contributed by atoms with E-state index >= 15 is 0 Å². The summed E-state index contributed by atoms with van der Waals surface area (Å²) >= 11 is 0. The van der Waals surface area contributed by atoms with Gasteiger partial charge in [-0.1, -0.05) is 50.8 Å². The molecule has 0 aromatic rings. The van der Waals surface area contributed by atoms with Gasteiger partial charge in [0.1, 0.15) is 6.61 Å². The summed E-state index contributed by atoms with van der Waals surface area (Å²) in [5.74, 6) is -2.09. The number of unbranched alkanes of at least 4 members (excludes halogenated alkanes) is 5. The molecule has 0 spiro atoms. The lowest BCUT2D eigenvalue weighted by molar-refractivity contribution is -0.146. The second kappa shape index (κ2) is 9.58. The number of aliphatic hydroxyl groups excluding tert-OH is 1. The van der Waals surface area contributed by atoms with Crippen molar-refractivity contribution in [3.8, 4) is 0 Å². The monoisotopic (exact) mass is 228 g/mol.